The van der Waals surface area contributed by atoms with Crippen LogP contribution in [0.1, 0.15) is 25.0 Å². The molecule has 0 aromatic heterocycles. The third-order valence-electron chi connectivity index (χ3n) is 3.22. The van der Waals surface area contributed by atoms with Gasteiger partial charge in [-0.05, 0) is 17.2 Å². The highest BCUT2D eigenvalue weighted by Crippen LogP contribution is 2.37. The number of benzene rings is 2. The van der Waals surface area contributed by atoms with Crippen LogP contribution >= 0.6 is 11.6 Å². The van der Waals surface area contributed by atoms with E-state index >= 15 is 0 Å². The second-order valence-electron chi connectivity index (χ2n) is 4.69. The highest BCUT2D eigenvalue weighted by molar-refractivity contribution is 6.33. The van der Waals surface area contributed by atoms with Crippen LogP contribution in [0.4, 0.5) is 5.69 Å². The summed E-state index contributed by atoms with van der Waals surface area (Å²) in [6.07, 6.45) is 0. The largest absolute Gasteiger partial charge is 0.397 e. The summed E-state index contributed by atoms with van der Waals surface area (Å²) in [5, 5.41) is 0.617. The average molecular weight is 246 g/mol. The lowest BCUT2D eigenvalue weighted by atomic mass is 9.77. The van der Waals surface area contributed by atoms with E-state index in [1.807, 2.05) is 36.4 Å². The number of nitrogen functional groups attached to an aromatic ring is 1. The molecule has 0 aliphatic carbocycles. The third kappa shape index (κ3) is 2.16. The van der Waals surface area contributed by atoms with Crippen molar-refractivity contribution in [3.05, 3.63) is 64.7 Å². The molecule has 2 aromatic carbocycles. The monoisotopic (exact) mass is 245 g/mol. The van der Waals surface area contributed by atoms with Gasteiger partial charge in [0.05, 0.1) is 10.7 Å². The van der Waals surface area contributed by atoms with E-state index in [1.165, 1.54) is 5.56 Å². The maximum atomic E-state index is 6.08. The van der Waals surface area contributed by atoms with Crippen LogP contribution < -0.4 is 5.73 Å². The highest BCUT2D eigenvalue weighted by atomic mass is 35.5. The van der Waals surface area contributed by atoms with E-state index in [4.69, 9.17) is 17.3 Å². The van der Waals surface area contributed by atoms with Crippen molar-refractivity contribution in [3.63, 3.8) is 0 Å². The minimum atomic E-state index is -0.143. The van der Waals surface area contributed by atoms with Gasteiger partial charge in [0.15, 0.2) is 0 Å². The maximum absolute atomic E-state index is 6.08. The highest BCUT2D eigenvalue weighted by Gasteiger charge is 2.25. The molecule has 1 nitrogen and oxygen atoms in total. The fourth-order valence-electron chi connectivity index (χ4n) is 2.09. The molecule has 0 atom stereocenters. The molecule has 0 spiro atoms. The maximum Gasteiger partial charge on any atom is 0.0638 e. The van der Waals surface area contributed by atoms with E-state index in [0.717, 1.165) is 5.56 Å². The first-order chi connectivity index (χ1) is 8.03. The Labute approximate surface area is 107 Å². The minimum absolute atomic E-state index is 0.143. The van der Waals surface area contributed by atoms with Gasteiger partial charge in [0.1, 0.15) is 0 Å². The zero-order valence-electron chi connectivity index (χ0n) is 10.1. The van der Waals surface area contributed by atoms with Crippen LogP contribution in [0.15, 0.2) is 48.5 Å². The van der Waals surface area contributed by atoms with Gasteiger partial charge in [0.2, 0.25) is 0 Å². The van der Waals surface area contributed by atoms with Gasteiger partial charge >= 0.3 is 0 Å². The molecule has 0 unspecified atom stereocenters. The number of hydrogen-bond acceptors (Lipinski definition) is 1. The van der Waals surface area contributed by atoms with E-state index in [1.54, 1.807) is 0 Å². The normalized spacial score (nSPS) is 11.5. The van der Waals surface area contributed by atoms with Gasteiger partial charge in [-0.3, -0.25) is 0 Å². The van der Waals surface area contributed by atoms with Crippen molar-refractivity contribution >= 4 is 17.3 Å². The Kier molecular flexibility index (Phi) is 3.12. The Balaban J connectivity index is 2.56. The second kappa shape index (κ2) is 4.42. The molecule has 2 rings (SSSR count). The van der Waals surface area contributed by atoms with Crippen LogP contribution in [-0.4, -0.2) is 0 Å². The Bertz CT molecular complexity index is 518. The smallest absolute Gasteiger partial charge is 0.0638 e. The number of anilines is 1. The van der Waals surface area contributed by atoms with Crippen molar-refractivity contribution in [3.8, 4) is 0 Å². The van der Waals surface area contributed by atoms with Crippen molar-refractivity contribution in [1.29, 1.82) is 0 Å². The lowest BCUT2D eigenvalue weighted by Gasteiger charge is -2.27. The quantitative estimate of drug-likeness (QED) is 0.787. The van der Waals surface area contributed by atoms with Crippen LogP contribution in [0.2, 0.25) is 5.02 Å². The van der Waals surface area contributed by atoms with Gasteiger partial charge in [-0.15, -0.1) is 0 Å². The van der Waals surface area contributed by atoms with Crippen molar-refractivity contribution in [2.45, 2.75) is 19.3 Å². The molecule has 2 N–H and O–H groups in total. The molecular formula is C15H16ClN. The Morgan fingerprint density at radius 2 is 1.59 bits per heavy atom. The van der Waals surface area contributed by atoms with Crippen LogP contribution in [0.3, 0.4) is 0 Å². The predicted molar refractivity (Wildman–Crippen MR) is 74.4 cm³/mol. The Morgan fingerprint density at radius 3 is 2.24 bits per heavy atom. The summed E-state index contributed by atoms with van der Waals surface area (Å²) in [6, 6.07) is 16.1. The summed E-state index contributed by atoms with van der Waals surface area (Å²) in [7, 11) is 0. The van der Waals surface area contributed by atoms with Crippen LogP contribution in [0.5, 0.6) is 0 Å². The summed E-state index contributed by atoms with van der Waals surface area (Å²) in [5.41, 5.74) is 8.90. The fraction of sp³-hybridized carbons (Fsp3) is 0.200. The van der Waals surface area contributed by atoms with Crippen LogP contribution in [0, 0.1) is 0 Å². The van der Waals surface area contributed by atoms with Crippen molar-refractivity contribution in [1.82, 2.24) is 0 Å². The summed E-state index contributed by atoms with van der Waals surface area (Å²) in [6.45, 7) is 4.31. The molecule has 2 aromatic rings. The summed E-state index contributed by atoms with van der Waals surface area (Å²) in [5.74, 6) is 0. The topological polar surface area (TPSA) is 26.0 Å². The number of hydrogen-bond donors (Lipinski definition) is 1. The zero-order chi connectivity index (χ0) is 12.5. The predicted octanol–water partition coefficient (Wildman–Crippen LogP) is 4.25. The fourth-order valence-corrected chi connectivity index (χ4v) is 2.27. The molecule has 0 radical (unpaired) electrons. The van der Waals surface area contributed by atoms with Gasteiger partial charge in [0.25, 0.3) is 0 Å². The van der Waals surface area contributed by atoms with Gasteiger partial charge in [-0.1, -0.05) is 67.9 Å². The van der Waals surface area contributed by atoms with E-state index in [0.29, 0.717) is 10.7 Å². The van der Waals surface area contributed by atoms with Gasteiger partial charge in [-0.25, -0.2) is 0 Å². The van der Waals surface area contributed by atoms with Crippen molar-refractivity contribution in [2.75, 3.05) is 5.73 Å². The second-order valence-corrected chi connectivity index (χ2v) is 5.10. The van der Waals surface area contributed by atoms with E-state index in [9.17, 15) is 0 Å². The van der Waals surface area contributed by atoms with E-state index in [-0.39, 0.29) is 5.41 Å². The summed E-state index contributed by atoms with van der Waals surface area (Å²) < 4.78 is 0. The van der Waals surface area contributed by atoms with Gasteiger partial charge < -0.3 is 5.73 Å². The first-order valence-electron chi connectivity index (χ1n) is 5.63. The molecule has 2 heteroatoms. The average Bonchev–Trinajstić information content (AvgIpc) is 2.33. The standard InChI is InChI=1S/C15H16ClN/c1-15(2,11-7-4-3-5-8-11)12-9-6-10-13(16)14(12)17/h3-10H,17H2,1-2H3. The lowest BCUT2D eigenvalue weighted by Crippen LogP contribution is -2.20. The first kappa shape index (κ1) is 12.0. The molecule has 0 heterocycles. The Morgan fingerprint density at radius 1 is 0.941 bits per heavy atom. The molecule has 0 bridgehead atoms. The lowest BCUT2D eigenvalue weighted by molar-refractivity contribution is 0.643. The molecule has 0 fully saturated rings. The first-order valence-corrected chi connectivity index (χ1v) is 6.01. The van der Waals surface area contributed by atoms with Crippen LogP contribution in [-0.2, 0) is 5.41 Å². The molecular weight excluding hydrogens is 230 g/mol. The molecule has 0 saturated carbocycles. The van der Waals surface area contributed by atoms with E-state index in [2.05, 4.69) is 26.0 Å². The molecule has 17 heavy (non-hydrogen) atoms. The van der Waals surface area contributed by atoms with Gasteiger partial charge in [-0.2, -0.15) is 0 Å². The van der Waals surface area contributed by atoms with Crippen LogP contribution in [0.25, 0.3) is 0 Å². The summed E-state index contributed by atoms with van der Waals surface area (Å²) in [4.78, 5) is 0. The number of para-hydroxylation sites is 1. The molecule has 0 aliphatic rings. The minimum Gasteiger partial charge on any atom is -0.397 e. The molecule has 0 aliphatic heterocycles. The third-order valence-corrected chi connectivity index (χ3v) is 3.55. The number of halogens is 1. The number of nitrogens with two attached hydrogens (primary N) is 1. The van der Waals surface area contributed by atoms with Crippen molar-refractivity contribution < 1.29 is 0 Å². The zero-order valence-corrected chi connectivity index (χ0v) is 10.8. The van der Waals surface area contributed by atoms with Crippen molar-refractivity contribution in [2.24, 2.45) is 0 Å². The molecule has 0 saturated heterocycles. The molecule has 0 amide bonds. The molecule has 88 valence electrons. The number of rotatable bonds is 2. The van der Waals surface area contributed by atoms with Gasteiger partial charge in [0, 0.05) is 5.41 Å². The summed E-state index contributed by atoms with van der Waals surface area (Å²) >= 11 is 6.08. The Hall–Kier alpha value is -1.47. The van der Waals surface area contributed by atoms with E-state index < -0.39 is 0 Å². The SMILES string of the molecule is CC(C)(c1ccccc1)c1cccc(Cl)c1N.